The molecule has 0 saturated carbocycles. The standard InChI is InChI=1S/C15H14O/c1-2-6-13-9-11-15(12-10-13)16-14-7-4-3-5-8-14/h2-5,7-12H,1,6H2. The van der Waals surface area contributed by atoms with Gasteiger partial charge in [0.25, 0.3) is 0 Å². The molecule has 16 heavy (non-hydrogen) atoms. The monoisotopic (exact) mass is 210 g/mol. The average molecular weight is 210 g/mol. The average Bonchev–Trinajstić information content (AvgIpc) is 2.33. The Kier molecular flexibility index (Phi) is 3.39. The Labute approximate surface area is 96.0 Å². The lowest BCUT2D eigenvalue weighted by atomic mass is 10.1. The van der Waals surface area contributed by atoms with Crippen molar-refractivity contribution >= 4 is 0 Å². The van der Waals surface area contributed by atoms with Crippen LogP contribution in [0.3, 0.4) is 0 Å². The van der Waals surface area contributed by atoms with Crippen LogP contribution in [0.4, 0.5) is 0 Å². The second kappa shape index (κ2) is 5.17. The Bertz CT molecular complexity index is 443. The van der Waals surface area contributed by atoms with Crippen molar-refractivity contribution in [1.29, 1.82) is 0 Å². The SMILES string of the molecule is C=CCc1ccc(Oc2ccccc2)cc1. The lowest BCUT2D eigenvalue weighted by Gasteiger charge is -2.05. The van der Waals surface area contributed by atoms with Gasteiger partial charge < -0.3 is 4.74 Å². The first kappa shape index (κ1) is 10.5. The molecule has 0 amide bonds. The van der Waals surface area contributed by atoms with Gasteiger partial charge in [0.05, 0.1) is 0 Å². The van der Waals surface area contributed by atoms with Crippen LogP contribution in [0.2, 0.25) is 0 Å². The number of allylic oxidation sites excluding steroid dienone is 1. The van der Waals surface area contributed by atoms with Crippen molar-refractivity contribution in [3.8, 4) is 11.5 Å². The second-order valence-corrected chi connectivity index (χ2v) is 3.55. The summed E-state index contributed by atoms with van der Waals surface area (Å²) in [5.41, 5.74) is 1.25. The Morgan fingerprint density at radius 2 is 1.50 bits per heavy atom. The minimum Gasteiger partial charge on any atom is -0.457 e. The quantitative estimate of drug-likeness (QED) is 0.687. The van der Waals surface area contributed by atoms with Crippen LogP contribution in [0.5, 0.6) is 11.5 Å². The molecule has 80 valence electrons. The van der Waals surface area contributed by atoms with Crippen molar-refractivity contribution in [2.45, 2.75) is 6.42 Å². The van der Waals surface area contributed by atoms with E-state index in [-0.39, 0.29) is 0 Å². The van der Waals surface area contributed by atoms with Crippen LogP contribution in [-0.4, -0.2) is 0 Å². The molecule has 0 aliphatic rings. The minimum absolute atomic E-state index is 0.860. The molecule has 2 aromatic carbocycles. The van der Waals surface area contributed by atoms with Crippen LogP contribution in [0.25, 0.3) is 0 Å². The molecule has 0 N–H and O–H groups in total. The number of ether oxygens (including phenoxy) is 1. The van der Waals surface area contributed by atoms with Crippen molar-refractivity contribution in [3.05, 3.63) is 72.8 Å². The molecule has 0 saturated heterocycles. The van der Waals surface area contributed by atoms with Crippen molar-refractivity contribution in [1.82, 2.24) is 0 Å². The highest BCUT2D eigenvalue weighted by atomic mass is 16.5. The maximum absolute atomic E-state index is 5.69. The molecule has 0 atom stereocenters. The van der Waals surface area contributed by atoms with E-state index in [4.69, 9.17) is 4.74 Å². The van der Waals surface area contributed by atoms with Crippen molar-refractivity contribution in [3.63, 3.8) is 0 Å². The van der Waals surface area contributed by atoms with E-state index in [9.17, 15) is 0 Å². The first-order chi connectivity index (χ1) is 7.88. The summed E-state index contributed by atoms with van der Waals surface area (Å²) in [7, 11) is 0. The van der Waals surface area contributed by atoms with Crippen molar-refractivity contribution in [2.75, 3.05) is 0 Å². The third-order valence-electron chi connectivity index (χ3n) is 2.28. The highest BCUT2D eigenvalue weighted by Gasteiger charge is 1.96. The fourth-order valence-corrected chi connectivity index (χ4v) is 1.48. The molecular formula is C15H14O. The predicted octanol–water partition coefficient (Wildman–Crippen LogP) is 4.21. The summed E-state index contributed by atoms with van der Waals surface area (Å²) < 4.78 is 5.69. The zero-order valence-corrected chi connectivity index (χ0v) is 9.10. The molecule has 2 rings (SSSR count). The summed E-state index contributed by atoms with van der Waals surface area (Å²) in [4.78, 5) is 0. The normalized spacial score (nSPS) is 9.75. The molecule has 0 bridgehead atoms. The van der Waals surface area contributed by atoms with Crippen LogP contribution in [0, 0.1) is 0 Å². The van der Waals surface area contributed by atoms with Crippen molar-refractivity contribution < 1.29 is 4.74 Å². The zero-order chi connectivity index (χ0) is 11.2. The summed E-state index contributed by atoms with van der Waals surface area (Å²) >= 11 is 0. The van der Waals surface area contributed by atoms with E-state index in [0.29, 0.717) is 0 Å². The van der Waals surface area contributed by atoms with Gasteiger partial charge in [-0.1, -0.05) is 36.4 Å². The van der Waals surface area contributed by atoms with E-state index < -0.39 is 0 Å². The van der Waals surface area contributed by atoms with Gasteiger partial charge in [0.15, 0.2) is 0 Å². The molecule has 0 radical (unpaired) electrons. The molecular weight excluding hydrogens is 196 g/mol. The van der Waals surface area contributed by atoms with Gasteiger partial charge in [0.1, 0.15) is 11.5 Å². The van der Waals surface area contributed by atoms with E-state index in [1.165, 1.54) is 5.56 Å². The summed E-state index contributed by atoms with van der Waals surface area (Å²) in [6, 6.07) is 17.8. The maximum Gasteiger partial charge on any atom is 0.127 e. The van der Waals surface area contributed by atoms with Crippen LogP contribution in [-0.2, 0) is 6.42 Å². The van der Waals surface area contributed by atoms with Crippen LogP contribution < -0.4 is 4.74 Å². The van der Waals surface area contributed by atoms with E-state index >= 15 is 0 Å². The lowest BCUT2D eigenvalue weighted by Crippen LogP contribution is -1.85. The Hall–Kier alpha value is -2.02. The summed E-state index contributed by atoms with van der Waals surface area (Å²) in [6.45, 7) is 3.71. The van der Waals surface area contributed by atoms with E-state index in [1.54, 1.807) is 0 Å². The number of para-hydroxylation sites is 1. The molecule has 1 nitrogen and oxygen atoms in total. The van der Waals surface area contributed by atoms with Gasteiger partial charge in [0, 0.05) is 0 Å². The first-order valence-corrected chi connectivity index (χ1v) is 5.31. The lowest BCUT2D eigenvalue weighted by molar-refractivity contribution is 0.482. The Morgan fingerprint density at radius 3 is 2.12 bits per heavy atom. The third-order valence-corrected chi connectivity index (χ3v) is 2.28. The Morgan fingerprint density at radius 1 is 0.875 bits per heavy atom. The van der Waals surface area contributed by atoms with E-state index in [1.807, 2.05) is 48.5 Å². The maximum atomic E-state index is 5.69. The van der Waals surface area contributed by atoms with Crippen molar-refractivity contribution in [2.24, 2.45) is 0 Å². The van der Waals surface area contributed by atoms with Gasteiger partial charge in [-0.25, -0.2) is 0 Å². The molecule has 0 unspecified atom stereocenters. The first-order valence-electron chi connectivity index (χ1n) is 5.31. The molecule has 0 fully saturated rings. The van der Waals surface area contributed by atoms with Gasteiger partial charge in [-0.3, -0.25) is 0 Å². The topological polar surface area (TPSA) is 9.23 Å². The molecule has 0 aromatic heterocycles. The van der Waals surface area contributed by atoms with Crippen LogP contribution in [0.15, 0.2) is 67.3 Å². The number of rotatable bonds is 4. The van der Waals surface area contributed by atoms with Crippen LogP contribution in [0.1, 0.15) is 5.56 Å². The fourth-order valence-electron chi connectivity index (χ4n) is 1.48. The van der Waals surface area contributed by atoms with Gasteiger partial charge in [-0.15, -0.1) is 6.58 Å². The highest BCUT2D eigenvalue weighted by Crippen LogP contribution is 2.21. The van der Waals surface area contributed by atoms with E-state index in [2.05, 4.69) is 18.7 Å². The van der Waals surface area contributed by atoms with Gasteiger partial charge >= 0.3 is 0 Å². The third kappa shape index (κ3) is 2.74. The molecule has 0 aliphatic carbocycles. The van der Waals surface area contributed by atoms with Gasteiger partial charge in [-0.05, 0) is 36.2 Å². The predicted molar refractivity (Wildman–Crippen MR) is 66.9 cm³/mol. The van der Waals surface area contributed by atoms with Crippen LogP contribution >= 0.6 is 0 Å². The Balaban J connectivity index is 2.08. The number of hydrogen-bond donors (Lipinski definition) is 0. The van der Waals surface area contributed by atoms with E-state index in [0.717, 1.165) is 17.9 Å². The minimum atomic E-state index is 0.860. The molecule has 2 aromatic rings. The molecule has 1 heteroatoms. The molecule has 0 heterocycles. The second-order valence-electron chi connectivity index (χ2n) is 3.55. The number of hydrogen-bond acceptors (Lipinski definition) is 1. The number of benzene rings is 2. The fraction of sp³-hybridized carbons (Fsp3) is 0.0667. The largest absolute Gasteiger partial charge is 0.457 e. The van der Waals surface area contributed by atoms with Gasteiger partial charge in [-0.2, -0.15) is 0 Å². The molecule has 0 spiro atoms. The highest BCUT2D eigenvalue weighted by molar-refractivity contribution is 5.33. The summed E-state index contributed by atoms with van der Waals surface area (Å²) in [5.74, 6) is 1.72. The summed E-state index contributed by atoms with van der Waals surface area (Å²) in [5, 5.41) is 0. The zero-order valence-electron chi connectivity index (χ0n) is 9.10. The van der Waals surface area contributed by atoms with Gasteiger partial charge in [0.2, 0.25) is 0 Å². The smallest absolute Gasteiger partial charge is 0.127 e. The molecule has 0 aliphatic heterocycles. The summed E-state index contributed by atoms with van der Waals surface area (Å²) in [6.07, 6.45) is 2.79.